The van der Waals surface area contributed by atoms with Gasteiger partial charge in [-0.25, -0.2) is 0 Å². The van der Waals surface area contributed by atoms with E-state index >= 15 is 0 Å². The summed E-state index contributed by atoms with van der Waals surface area (Å²) in [5.74, 6) is 1.92. The molecule has 0 saturated carbocycles. The topological polar surface area (TPSA) is 38.8 Å². The molecule has 1 aliphatic heterocycles. The molecule has 0 N–H and O–H groups in total. The minimum Gasteiger partial charge on any atom is -0.493 e. The molecule has 2 rings (SSSR count). The normalized spacial score (nSPS) is 19.6. The molecule has 0 bridgehead atoms. The maximum absolute atomic E-state index is 11.4. The lowest BCUT2D eigenvalue weighted by Crippen LogP contribution is -2.34. The average Bonchev–Trinajstić information content (AvgIpc) is 2.44. The quantitative estimate of drug-likeness (QED) is 0.776. The van der Waals surface area contributed by atoms with Gasteiger partial charge in [-0.05, 0) is 51.6 Å². The van der Waals surface area contributed by atoms with E-state index < -0.39 is 0 Å². The zero-order valence-corrected chi connectivity index (χ0v) is 12.5. The van der Waals surface area contributed by atoms with E-state index in [1.165, 1.54) is 19.4 Å². The predicted octanol–water partition coefficient (Wildman–Crippen LogP) is 2.62. The number of likely N-dealkylation sites (tertiary alicyclic amines) is 1. The van der Waals surface area contributed by atoms with Crippen LogP contribution in [0.3, 0.4) is 0 Å². The number of methoxy groups -OCH3 is 1. The van der Waals surface area contributed by atoms with Crippen molar-refractivity contribution in [2.45, 2.75) is 19.8 Å². The molecule has 1 aliphatic rings. The van der Waals surface area contributed by atoms with Crippen molar-refractivity contribution in [1.82, 2.24) is 4.90 Å². The number of rotatable bonds is 5. The van der Waals surface area contributed by atoms with Crippen LogP contribution >= 0.6 is 0 Å². The molecule has 1 heterocycles. The van der Waals surface area contributed by atoms with Crippen molar-refractivity contribution in [3.05, 3.63) is 23.8 Å². The minimum atomic E-state index is 0.0369. The molecule has 110 valence electrons. The van der Waals surface area contributed by atoms with Gasteiger partial charge in [0.15, 0.2) is 17.3 Å². The van der Waals surface area contributed by atoms with Crippen molar-refractivity contribution < 1.29 is 14.3 Å². The molecule has 1 aromatic carbocycles. The fourth-order valence-electron chi connectivity index (χ4n) is 2.63. The number of benzene rings is 1. The van der Waals surface area contributed by atoms with E-state index in [1.807, 2.05) is 0 Å². The smallest absolute Gasteiger partial charge is 0.161 e. The molecule has 0 spiro atoms. The predicted molar refractivity (Wildman–Crippen MR) is 78.7 cm³/mol. The third-order valence-corrected chi connectivity index (χ3v) is 3.77. The summed E-state index contributed by atoms with van der Waals surface area (Å²) in [4.78, 5) is 13.8. The molecular formula is C16H23NO3. The molecule has 1 unspecified atom stereocenters. The number of carbonyl (C=O) groups is 1. The third kappa shape index (κ3) is 3.73. The molecule has 0 aromatic heterocycles. The van der Waals surface area contributed by atoms with E-state index in [0.717, 1.165) is 6.54 Å². The highest BCUT2D eigenvalue weighted by Gasteiger charge is 2.18. The van der Waals surface area contributed by atoms with E-state index in [-0.39, 0.29) is 5.78 Å². The van der Waals surface area contributed by atoms with E-state index in [1.54, 1.807) is 32.2 Å². The van der Waals surface area contributed by atoms with Crippen LogP contribution in [0.25, 0.3) is 0 Å². The van der Waals surface area contributed by atoms with Gasteiger partial charge in [0.05, 0.1) is 13.7 Å². The lowest BCUT2D eigenvalue weighted by Gasteiger charge is -2.29. The van der Waals surface area contributed by atoms with Crippen LogP contribution in [0.4, 0.5) is 0 Å². The SMILES string of the molecule is COc1ccc(C(C)=O)cc1OCC1CCCN(C)C1. The Bertz CT molecular complexity index is 473. The number of ketones is 1. The number of Topliss-reactive ketones (excluding diaryl/α,β-unsaturated/α-hetero) is 1. The van der Waals surface area contributed by atoms with Crippen molar-refractivity contribution >= 4 is 5.78 Å². The van der Waals surface area contributed by atoms with Gasteiger partial charge >= 0.3 is 0 Å². The molecule has 0 amide bonds. The fourth-order valence-corrected chi connectivity index (χ4v) is 2.63. The number of nitrogens with zero attached hydrogens (tertiary/aromatic N) is 1. The summed E-state index contributed by atoms with van der Waals surface area (Å²) in [7, 11) is 3.76. The number of hydrogen-bond donors (Lipinski definition) is 0. The van der Waals surface area contributed by atoms with E-state index in [9.17, 15) is 4.79 Å². The molecule has 0 aliphatic carbocycles. The molecule has 1 aromatic rings. The average molecular weight is 277 g/mol. The summed E-state index contributed by atoms with van der Waals surface area (Å²) in [5, 5.41) is 0. The maximum atomic E-state index is 11.4. The number of carbonyl (C=O) groups excluding carboxylic acids is 1. The highest BCUT2D eigenvalue weighted by Crippen LogP contribution is 2.29. The van der Waals surface area contributed by atoms with E-state index in [0.29, 0.717) is 29.6 Å². The zero-order chi connectivity index (χ0) is 14.5. The Labute approximate surface area is 120 Å². The Morgan fingerprint density at radius 2 is 2.20 bits per heavy atom. The third-order valence-electron chi connectivity index (χ3n) is 3.77. The van der Waals surface area contributed by atoms with Crippen molar-refractivity contribution in [2.24, 2.45) is 5.92 Å². The fraction of sp³-hybridized carbons (Fsp3) is 0.562. The molecule has 4 heteroatoms. The van der Waals surface area contributed by atoms with Gasteiger partial charge in [-0.3, -0.25) is 4.79 Å². The van der Waals surface area contributed by atoms with Gasteiger partial charge in [0, 0.05) is 18.0 Å². The van der Waals surface area contributed by atoms with Crippen molar-refractivity contribution in [3.8, 4) is 11.5 Å². The maximum Gasteiger partial charge on any atom is 0.161 e. The van der Waals surface area contributed by atoms with Gasteiger partial charge in [0.2, 0.25) is 0 Å². The Hall–Kier alpha value is -1.55. The first-order valence-corrected chi connectivity index (χ1v) is 7.10. The van der Waals surface area contributed by atoms with Gasteiger partial charge in [-0.15, -0.1) is 0 Å². The van der Waals surface area contributed by atoms with Gasteiger partial charge in [-0.2, -0.15) is 0 Å². The zero-order valence-electron chi connectivity index (χ0n) is 12.5. The largest absolute Gasteiger partial charge is 0.493 e. The molecule has 1 saturated heterocycles. The van der Waals surface area contributed by atoms with Crippen LogP contribution in [-0.2, 0) is 0 Å². The second-order valence-corrected chi connectivity index (χ2v) is 5.50. The molecular weight excluding hydrogens is 254 g/mol. The lowest BCUT2D eigenvalue weighted by molar-refractivity contribution is 0.101. The van der Waals surface area contributed by atoms with Crippen LogP contribution < -0.4 is 9.47 Å². The standard InChI is InChI=1S/C16H23NO3/c1-12(18)14-6-7-15(19-3)16(9-14)20-11-13-5-4-8-17(2)10-13/h6-7,9,13H,4-5,8,10-11H2,1-3H3. The Morgan fingerprint density at radius 1 is 1.40 bits per heavy atom. The highest BCUT2D eigenvalue weighted by atomic mass is 16.5. The van der Waals surface area contributed by atoms with Gasteiger partial charge in [0.25, 0.3) is 0 Å². The van der Waals surface area contributed by atoms with Crippen LogP contribution in [0.15, 0.2) is 18.2 Å². The van der Waals surface area contributed by atoms with Gasteiger partial charge in [0.1, 0.15) is 0 Å². The Morgan fingerprint density at radius 3 is 2.85 bits per heavy atom. The molecule has 1 atom stereocenters. The summed E-state index contributed by atoms with van der Waals surface area (Å²) < 4.78 is 11.2. The van der Waals surface area contributed by atoms with Gasteiger partial charge < -0.3 is 14.4 Å². The summed E-state index contributed by atoms with van der Waals surface area (Å²) in [6.07, 6.45) is 2.41. The molecule has 4 nitrogen and oxygen atoms in total. The second kappa shape index (κ2) is 6.75. The molecule has 20 heavy (non-hydrogen) atoms. The first kappa shape index (κ1) is 14.9. The van der Waals surface area contributed by atoms with Crippen LogP contribution in [0.2, 0.25) is 0 Å². The first-order valence-electron chi connectivity index (χ1n) is 7.10. The van der Waals surface area contributed by atoms with E-state index in [4.69, 9.17) is 9.47 Å². The second-order valence-electron chi connectivity index (χ2n) is 5.50. The van der Waals surface area contributed by atoms with Crippen molar-refractivity contribution in [3.63, 3.8) is 0 Å². The van der Waals surface area contributed by atoms with Gasteiger partial charge in [-0.1, -0.05) is 0 Å². The summed E-state index contributed by atoms with van der Waals surface area (Å²) >= 11 is 0. The number of piperidine rings is 1. The van der Waals surface area contributed by atoms with Crippen LogP contribution in [0, 0.1) is 5.92 Å². The number of ether oxygens (including phenoxy) is 2. The number of hydrogen-bond acceptors (Lipinski definition) is 4. The van der Waals surface area contributed by atoms with Crippen LogP contribution in [-0.4, -0.2) is 44.5 Å². The summed E-state index contributed by atoms with van der Waals surface area (Å²) in [6.45, 7) is 4.46. The first-order chi connectivity index (χ1) is 9.60. The van der Waals surface area contributed by atoms with E-state index in [2.05, 4.69) is 11.9 Å². The van der Waals surface area contributed by atoms with Crippen molar-refractivity contribution in [2.75, 3.05) is 33.9 Å². The summed E-state index contributed by atoms with van der Waals surface area (Å²) in [6, 6.07) is 5.33. The minimum absolute atomic E-state index is 0.0369. The van der Waals surface area contributed by atoms with Crippen LogP contribution in [0.1, 0.15) is 30.1 Å². The Balaban J connectivity index is 2.03. The highest BCUT2D eigenvalue weighted by molar-refractivity contribution is 5.94. The summed E-state index contributed by atoms with van der Waals surface area (Å²) in [5.41, 5.74) is 0.654. The monoisotopic (exact) mass is 277 g/mol. The molecule has 0 radical (unpaired) electrons. The van der Waals surface area contributed by atoms with Crippen LogP contribution in [0.5, 0.6) is 11.5 Å². The molecule has 1 fully saturated rings. The Kier molecular flexibility index (Phi) is 5.01. The lowest BCUT2D eigenvalue weighted by atomic mass is 9.99. The van der Waals surface area contributed by atoms with Crippen molar-refractivity contribution in [1.29, 1.82) is 0 Å².